The van der Waals surface area contributed by atoms with E-state index >= 15 is 0 Å². The highest BCUT2D eigenvalue weighted by molar-refractivity contribution is 5.69. The summed E-state index contributed by atoms with van der Waals surface area (Å²) in [5.74, 6) is 0.637. The molecule has 0 spiro atoms. The van der Waals surface area contributed by atoms with E-state index in [1.807, 2.05) is 26.8 Å². The summed E-state index contributed by atoms with van der Waals surface area (Å²) in [6.45, 7) is 5.97. The van der Waals surface area contributed by atoms with Crippen molar-refractivity contribution in [3.8, 4) is 5.75 Å². The molecule has 0 atom stereocenters. The van der Waals surface area contributed by atoms with Crippen molar-refractivity contribution in [2.75, 3.05) is 6.61 Å². The molecule has 1 aromatic rings. The van der Waals surface area contributed by atoms with Gasteiger partial charge in [-0.1, -0.05) is 6.07 Å². The van der Waals surface area contributed by atoms with Gasteiger partial charge in [-0.2, -0.15) is 0 Å². The molecule has 0 saturated heterocycles. The molecule has 0 fully saturated rings. The average Bonchev–Trinajstić information content (AvgIpc) is 2.73. The van der Waals surface area contributed by atoms with Gasteiger partial charge in [-0.3, -0.25) is 4.79 Å². The van der Waals surface area contributed by atoms with Crippen LogP contribution in [0.25, 0.3) is 0 Å². The normalized spacial score (nSPS) is 14.1. The molecule has 0 bridgehead atoms. The Balaban J connectivity index is 1.78. The van der Waals surface area contributed by atoms with Crippen LogP contribution in [-0.2, 0) is 22.4 Å². The zero-order valence-corrected chi connectivity index (χ0v) is 12.0. The second-order valence-electron chi connectivity index (χ2n) is 5.97. The molecule has 104 valence electrons. The number of esters is 1. The number of carbonyl (C=O) groups excluding carboxylic acids is 1. The zero-order chi connectivity index (χ0) is 13.9. The third-order valence-corrected chi connectivity index (χ3v) is 3.06. The molecule has 3 heteroatoms. The van der Waals surface area contributed by atoms with Crippen LogP contribution in [0.5, 0.6) is 5.75 Å². The lowest BCUT2D eigenvalue weighted by Gasteiger charge is -2.19. The number of benzene rings is 1. The zero-order valence-electron chi connectivity index (χ0n) is 12.0. The molecule has 0 saturated carbocycles. The van der Waals surface area contributed by atoms with Crippen molar-refractivity contribution in [2.24, 2.45) is 0 Å². The van der Waals surface area contributed by atoms with Crippen LogP contribution in [-0.4, -0.2) is 18.2 Å². The van der Waals surface area contributed by atoms with Crippen LogP contribution in [0.3, 0.4) is 0 Å². The number of fused-ring (bicyclic) bond motifs is 1. The number of hydrogen-bond donors (Lipinski definition) is 0. The molecular weight excluding hydrogens is 240 g/mol. The quantitative estimate of drug-likeness (QED) is 0.781. The summed E-state index contributed by atoms with van der Waals surface area (Å²) >= 11 is 0. The van der Waals surface area contributed by atoms with Crippen molar-refractivity contribution in [2.45, 2.75) is 52.1 Å². The van der Waals surface area contributed by atoms with Gasteiger partial charge in [-0.15, -0.1) is 0 Å². The van der Waals surface area contributed by atoms with Crippen LogP contribution in [0.1, 0.15) is 44.7 Å². The molecule has 0 heterocycles. The Bertz CT molecular complexity index is 458. The largest absolute Gasteiger partial charge is 0.493 e. The summed E-state index contributed by atoms with van der Waals surface area (Å²) in [7, 11) is 0. The summed E-state index contributed by atoms with van der Waals surface area (Å²) in [5.41, 5.74) is 2.39. The molecule has 1 aromatic carbocycles. The Hall–Kier alpha value is -1.51. The predicted octanol–water partition coefficient (Wildman–Crippen LogP) is 3.29. The van der Waals surface area contributed by atoms with Crippen molar-refractivity contribution in [3.63, 3.8) is 0 Å². The standard InChI is InChI=1S/C16H22O3/c1-16(2,3)19-15(17)9-10-18-14-8-7-12-5-4-6-13(12)11-14/h7-8,11H,4-6,9-10H2,1-3H3. The smallest absolute Gasteiger partial charge is 0.309 e. The van der Waals surface area contributed by atoms with Crippen LogP contribution < -0.4 is 4.74 Å². The van der Waals surface area contributed by atoms with Gasteiger partial charge in [0.05, 0.1) is 13.0 Å². The summed E-state index contributed by atoms with van der Waals surface area (Å²) in [4.78, 5) is 11.5. The Morgan fingerprint density at radius 1 is 1.21 bits per heavy atom. The van der Waals surface area contributed by atoms with Crippen LogP contribution in [0.2, 0.25) is 0 Å². The minimum absolute atomic E-state index is 0.214. The molecule has 2 rings (SSSR count). The number of hydrogen-bond acceptors (Lipinski definition) is 3. The van der Waals surface area contributed by atoms with Gasteiger partial charge < -0.3 is 9.47 Å². The minimum Gasteiger partial charge on any atom is -0.493 e. The molecule has 0 radical (unpaired) electrons. The Morgan fingerprint density at radius 2 is 1.95 bits per heavy atom. The van der Waals surface area contributed by atoms with E-state index in [9.17, 15) is 4.79 Å². The van der Waals surface area contributed by atoms with Crippen LogP contribution in [0, 0.1) is 0 Å². The highest BCUT2D eigenvalue weighted by atomic mass is 16.6. The van der Waals surface area contributed by atoms with Gasteiger partial charge in [0.2, 0.25) is 0 Å². The molecule has 19 heavy (non-hydrogen) atoms. The van der Waals surface area contributed by atoms with Gasteiger partial charge in [-0.25, -0.2) is 0 Å². The van der Waals surface area contributed by atoms with Crippen molar-refractivity contribution in [1.29, 1.82) is 0 Å². The van der Waals surface area contributed by atoms with E-state index in [4.69, 9.17) is 9.47 Å². The summed E-state index contributed by atoms with van der Waals surface area (Å²) in [5, 5.41) is 0. The highest BCUT2D eigenvalue weighted by Gasteiger charge is 2.16. The van der Waals surface area contributed by atoms with Gasteiger partial charge in [0, 0.05) is 0 Å². The number of rotatable bonds is 4. The molecular formula is C16H22O3. The van der Waals surface area contributed by atoms with Crippen LogP contribution >= 0.6 is 0 Å². The summed E-state index contributed by atoms with van der Waals surface area (Å²) in [6.07, 6.45) is 3.83. The fraction of sp³-hybridized carbons (Fsp3) is 0.562. The third kappa shape index (κ3) is 4.27. The van der Waals surface area contributed by atoms with Crippen molar-refractivity contribution in [3.05, 3.63) is 29.3 Å². The van der Waals surface area contributed by atoms with Crippen molar-refractivity contribution < 1.29 is 14.3 Å². The highest BCUT2D eigenvalue weighted by Crippen LogP contribution is 2.26. The predicted molar refractivity (Wildman–Crippen MR) is 74.4 cm³/mol. The van der Waals surface area contributed by atoms with Gasteiger partial charge in [0.1, 0.15) is 11.4 Å². The molecule has 1 aliphatic rings. The van der Waals surface area contributed by atoms with Crippen LogP contribution in [0.15, 0.2) is 18.2 Å². The molecule has 3 nitrogen and oxygen atoms in total. The maximum absolute atomic E-state index is 11.5. The van der Waals surface area contributed by atoms with Gasteiger partial charge >= 0.3 is 5.97 Å². The maximum atomic E-state index is 11.5. The van der Waals surface area contributed by atoms with Crippen molar-refractivity contribution >= 4 is 5.97 Å². The van der Waals surface area contributed by atoms with E-state index in [1.54, 1.807) is 0 Å². The first kappa shape index (κ1) is 13.9. The SMILES string of the molecule is CC(C)(C)OC(=O)CCOc1ccc2c(c1)CCC2. The Kier molecular flexibility index (Phi) is 4.13. The summed E-state index contributed by atoms with van der Waals surface area (Å²) in [6, 6.07) is 6.21. The van der Waals surface area contributed by atoms with E-state index < -0.39 is 5.60 Å². The first-order valence-electron chi connectivity index (χ1n) is 6.90. The van der Waals surface area contributed by atoms with E-state index in [-0.39, 0.29) is 12.4 Å². The topological polar surface area (TPSA) is 35.5 Å². The first-order chi connectivity index (χ1) is 8.94. The summed E-state index contributed by atoms with van der Waals surface area (Å²) < 4.78 is 10.8. The average molecular weight is 262 g/mol. The molecule has 1 aliphatic carbocycles. The number of ether oxygens (including phenoxy) is 2. The fourth-order valence-electron chi connectivity index (χ4n) is 2.28. The van der Waals surface area contributed by atoms with Gasteiger partial charge in [0.25, 0.3) is 0 Å². The van der Waals surface area contributed by atoms with Gasteiger partial charge in [-0.05, 0) is 63.3 Å². The van der Waals surface area contributed by atoms with Gasteiger partial charge in [0.15, 0.2) is 0 Å². The lowest BCUT2D eigenvalue weighted by molar-refractivity contribution is -0.155. The lowest BCUT2D eigenvalue weighted by atomic mass is 10.1. The minimum atomic E-state index is -0.426. The van der Waals surface area contributed by atoms with E-state index in [0.717, 1.165) is 12.2 Å². The number of aryl methyl sites for hydroxylation is 2. The Morgan fingerprint density at radius 3 is 2.68 bits per heavy atom. The molecule has 0 aromatic heterocycles. The van der Waals surface area contributed by atoms with Crippen molar-refractivity contribution in [1.82, 2.24) is 0 Å². The molecule has 0 unspecified atom stereocenters. The Labute approximate surface area is 114 Å². The molecule has 0 N–H and O–H groups in total. The molecule has 0 amide bonds. The molecule has 0 aliphatic heterocycles. The monoisotopic (exact) mass is 262 g/mol. The first-order valence-corrected chi connectivity index (χ1v) is 6.90. The second-order valence-corrected chi connectivity index (χ2v) is 5.97. The van der Waals surface area contributed by atoms with E-state index in [1.165, 1.54) is 24.0 Å². The van der Waals surface area contributed by atoms with Crippen LogP contribution in [0.4, 0.5) is 0 Å². The fourth-order valence-corrected chi connectivity index (χ4v) is 2.28. The maximum Gasteiger partial charge on any atom is 0.309 e. The second kappa shape index (κ2) is 5.64. The third-order valence-electron chi connectivity index (χ3n) is 3.06. The number of carbonyl (C=O) groups is 1. The van der Waals surface area contributed by atoms with E-state index in [0.29, 0.717) is 6.61 Å². The lowest BCUT2D eigenvalue weighted by Crippen LogP contribution is -2.24. The van der Waals surface area contributed by atoms with E-state index in [2.05, 4.69) is 12.1 Å².